The number of aryl methyl sites for hydroxylation is 2. The Labute approximate surface area is 187 Å². The van der Waals surface area contributed by atoms with Crippen LogP contribution in [0.4, 0.5) is 0 Å². The monoisotopic (exact) mass is 398 g/mol. The van der Waals surface area contributed by atoms with Gasteiger partial charge in [0.25, 0.3) is 0 Å². The molecule has 0 aliphatic carbocycles. The number of benzene rings is 2. The maximum atomic E-state index is 11.8. The minimum absolute atomic E-state index is 0. The summed E-state index contributed by atoms with van der Waals surface area (Å²) in [7, 11) is -4.45. The standard InChI is InChI=1S/C22H32O3S.Na/c1-3-5-7-9-12-18-14-11-15-19-17-22(26(23,24)25)20(16-21(18)19)13-10-8-6-4-2;/h11,14-17H,3-10,12-13H2,1-2H3,(H,23,24,25);/q;+1/p-1. The molecule has 0 saturated heterocycles. The van der Waals surface area contributed by atoms with Gasteiger partial charge in [-0.3, -0.25) is 0 Å². The van der Waals surface area contributed by atoms with Crippen LogP contribution in [0.2, 0.25) is 0 Å². The van der Waals surface area contributed by atoms with E-state index in [9.17, 15) is 13.0 Å². The Kier molecular flexibility index (Phi) is 11.2. The molecular formula is C22H31NaO3S. The van der Waals surface area contributed by atoms with Crippen molar-refractivity contribution in [1.82, 2.24) is 0 Å². The average molecular weight is 399 g/mol. The predicted molar refractivity (Wildman–Crippen MR) is 108 cm³/mol. The van der Waals surface area contributed by atoms with Crippen LogP contribution in [0.15, 0.2) is 35.2 Å². The molecule has 2 aromatic rings. The van der Waals surface area contributed by atoms with E-state index in [1.165, 1.54) is 24.8 Å². The minimum atomic E-state index is -4.45. The molecule has 0 amide bonds. The molecule has 0 aliphatic rings. The molecule has 3 nitrogen and oxygen atoms in total. The van der Waals surface area contributed by atoms with E-state index in [1.807, 2.05) is 18.2 Å². The van der Waals surface area contributed by atoms with Crippen molar-refractivity contribution >= 4 is 20.9 Å². The van der Waals surface area contributed by atoms with Crippen molar-refractivity contribution in [2.24, 2.45) is 0 Å². The molecule has 2 aromatic carbocycles. The molecular weight excluding hydrogens is 367 g/mol. The summed E-state index contributed by atoms with van der Waals surface area (Å²) in [6, 6.07) is 9.53. The first-order chi connectivity index (χ1) is 12.5. The zero-order valence-electron chi connectivity index (χ0n) is 17.1. The molecule has 2 rings (SSSR count). The summed E-state index contributed by atoms with van der Waals surface area (Å²) in [6.45, 7) is 4.35. The first kappa shape index (κ1) is 24.6. The summed E-state index contributed by atoms with van der Waals surface area (Å²) >= 11 is 0. The van der Waals surface area contributed by atoms with Gasteiger partial charge in [0.15, 0.2) is 0 Å². The van der Waals surface area contributed by atoms with Crippen LogP contribution in [0.3, 0.4) is 0 Å². The first-order valence-electron chi connectivity index (χ1n) is 9.97. The molecule has 0 aliphatic heterocycles. The van der Waals surface area contributed by atoms with E-state index >= 15 is 0 Å². The van der Waals surface area contributed by atoms with Gasteiger partial charge in [0.1, 0.15) is 10.1 Å². The molecule has 0 atom stereocenters. The Morgan fingerprint density at radius 1 is 0.815 bits per heavy atom. The van der Waals surface area contributed by atoms with Crippen molar-refractivity contribution in [3.05, 3.63) is 41.5 Å². The Morgan fingerprint density at radius 2 is 1.41 bits per heavy atom. The maximum absolute atomic E-state index is 11.8. The van der Waals surface area contributed by atoms with Crippen LogP contribution in [0.5, 0.6) is 0 Å². The van der Waals surface area contributed by atoms with Crippen LogP contribution in [0.25, 0.3) is 10.8 Å². The van der Waals surface area contributed by atoms with Gasteiger partial charge in [-0.1, -0.05) is 70.6 Å². The normalized spacial score (nSPS) is 11.5. The molecule has 0 spiro atoms. The van der Waals surface area contributed by atoms with Gasteiger partial charge in [0.2, 0.25) is 0 Å². The second kappa shape index (κ2) is 12.2. The summed E-state index contributed by atoms with van der Waals surface area (Å²) in [5, 5.41) is 1.95. The van der Waals surface area contributed by atoms with Gasteiger partial charge in [0, 0.05) is 0 Å². The summed E-state index contributed by atoms with van der Waals surface area (Å²) in [4.78, 5) is -0.0374. The smallest absolute Gasteiger partial charge is 0.744 e. The second-order valence-corrected chi connectivity index (χ2v) is 8.52. The van der Waals surface area contributed by atoms with E-state index in [-0.39, 0.29) is 34.5 Å². The quantitative estimate of drug-likeness (QED) is 0.332. The van der Waals surface area contributed by atoms with Gasteiger partial charge in [-0.2, -0.15) is 0 Å². The SMILES string of the molecule is CCCCCCc1cc2c(CCCCCC)cccc2cc1S(=O)(=O)[O-].[Na+]. The molecule has 0 radical (unpaired) electrons. The van der Waals surface area contributed by atoms with Gasteiger partial charge in [0.05, 0.1) is 4.90 Å². The molecule has 144 valence electrons. The van der Waals surface area contributed by atoms with Crippen molar-refractivity contribution in [3.8, 4) is 0 Å². The molecule has 0 bridgehead atoms. The number of unbranched alkanes of at least 4 members (excludes halogenated alkanes) is 6. The molecule has 0 fully saturated rings. The van der Waals surface area contributed by atoms with Crippen LogP contribution in [-0.4, -0.2) is 13.0 Å². The van der Waals surface area contributed by atoms with Crippen LogP contribution in [0, 0.1) is 0 Å². The number of hydrogen-bond acceptors (Lipinski definition) is 3. The fourth-order valence-corrected chi connectivity index (χ4v) is 4.30. The average Bonchev–Trinajstić information content (AvgIpc) is 2.61. The van der Waals surface area contributed by atoms with Gasteiger partial charge in [-0.25, -0.2) is 8.42 Å². The Bertz CT molecular complexity index is 816. The second-order valence-electron chi connectivity index (χ2n) is 7.17. The van der Waals surface area contributed by atoms with E-state index in [2.05, 4.69) is 19.9 Å². The van der Waals surface area contributed by atoms with Crippen LogP contribution < -0.4 is 29.6 Å². The van der Waals surface area contributed by atoms with Crippen molar-refractivity contribution in [2.75, 3.05) is 0 Å². The predicted octanol–water partition coefficient (Wildman–Crippen LogP) is 2.99. The zero-order valence-corrected chi connectivity index (χ0v) is 19.9. The summed E-state index contributed by atoms with van der Waals surface area (Å²) in [6.07, 6.45) is 10.7. The Balaban J connectivity index is 0.00000364. The van der Waals surface area contributed by atoms with Crippen LogP contribution in [-0.2, 0) is 23.0 Å². The fraction of sp³-hybridized carbons (Fsp3) is 0.545. The topological polar surface area (TPSA) is 57.2 Å². The largest absolute Gasteiger partial charge is 1.00 e. The molecule has 27 heavy (non-hydrogen) atoms. The maximum Gasteiger partial charge on any atom is 1.00 e. The minimum Gasteiger partial charge on any atom is -0.744 e. The van der Waals surface area contributed by atoms with Gasteiger partial charge in [-0.05, 0) is 59.7 Å². The molecule has 0 heterocycles. The summed E-state index contributed by atoms with van der Waals surface area (Å²) < 4.78 is 35.3. The number of hydrogen-bond donors (Lipinski definition) is 0. The van der Waals surface area contributed by atoms with Crippen molar-refractivity contribution in [3.63, 3.8) is 0 Å². The van der Waals surface area contributed by atoms with Crippen molar-refractivity contribution in [2.45, 2.75) is 83.0 Å². The molecule has 5 heteroatoms. The Morgan fingerprint density at radius 3 is 1.96 bits per heavy atom. The van der Waals surface area contributed by atoms with E-state index in [4.69, 9.17) is 0 Å². The Hall–Kier alpha value is -0.390. The van der Waals surface area contributed by atoms with E-state index in [1.54, 1.807) is 6.07 Å². The van der Waals surface area contributed by atoms with Crippen molar-refractivity contribution in [1.29, 1.82) is 0 Å². The van der Waals surface area contributed by atoms with Gasteiger partial charge in [-0.15, -0.1) is 0 Å². The number of rotatable bonds is 11. The molecule has 0 unspecified atom stereocenters. The van der Waals surface area contributed by atoms with E-state index in [0.29, 0.717) is 12.0 Å². The summed E-state index contributed by atoms with van der Waals surface area (Å²) in [5.41, 5.74) is 1.94. The fourth-order valence-electron chi connectivity index (χ4n) is 3.54. The molecule has 0 aromatic heterocycles. The van der Waals surface area contributed by atoms with Gasteiger partial charge < -0.3 is 4.55 Å². The summed E-state index contributed by atoms with van der Waals surface area (Å²) in [5.74, 6) is 0. The zero-order chi connectivity index (χ0) is 19.0. The van der Waals surface area contributed by atoms with Gasteiger partial charge >= 0.3 is 29.6 Å². The van der Waals surface area contributed by atoms with E-state index in [0.717, 1.165) is 49.3 Å². The van der Waals surface area contributed by atoms with Crippen molar-refractivity contribution < 1.29 is 42.5 Å². The van der Waals surface area contributed by atoms with E-state index < -0.39 is 10.1 Å². The number of fused-ring (bicyclic) bond motifs is 1. The van der Waals surface area contributed by atoms with Crippen LogP contribution in [0.1, 0.15) is 76.3 Å². The molecule has 0 N–H and O–H groups in total. The first-order valence-corrected chi connectivity index (χ1v) is 11.4. The third kappa shape index (κ3) is 7.51. The third-order valence-corrected chi connectivity index (χ3v) is 5.94. The molecule has 0 saturated carbocycles. The van der Waals surface area contributed by atoms with Crippen LogP contribution >= 0.6 is 0 Å². The third-order valence-electron chi connectivity index (χ3n) is 5.02.